The van der Waals surface area contributed by atoms with Crippen molar-refractivity contribution < 1.29 is 0 Å². The van der Waals surface area contributed by atoms with E-state index in [0.717, 1.165) is 16.7 Å². The Morgan fingerprint density at radius 2 is 1.87 bits per heavy atom. The molecule has 2 rings (SSSR count). The van der Waals surface area contributed by atoms with Crippen LogP contribution in [-0.2, 0) is 0 Å². The molecule has 0 fully saturated rings. The smallest absolute Gasteiger partial charge is 0.184 e. The van der Waals surface area contributed by atoms with Gasteiger partial charge in [-0.3, -0.25) is 5.10 Å². The van der Waals surface area contributed by atoms with E-state index in [0.29, 0.717) is 0 Å². The van der Waals surface area contributed by atoms with Gasteiger partial charge in [0.15, 0.2) is 5.65 Å². The molecule has 0 aliphatic heterocycles. The van der Waals surface area contributed by atoms with Gasteiger partial charge in [0.1, 0.15) is 6.33 Å². The molecule has 0 aliphatic rings. The van der Waals surface area contributed by atoms with Crippen LogP contribution in [0.15, 0.2) is 12.5 Å². The molecular weight excluding hydrogens is 188 g/mol. The van der Waals surface area contributed by atoms with Crippen LogP contribution in [0.25, 0.3) is 11.0 Å². The van der Waals surface area contributed by atoms with Crippen molar-refractivity contribution in [1.82, 2.24) is 20.2 Å². The zero-order chi connectivity index (χ0) is 11.7. The molecule has 1 N–H and O–H groups in total. The Bertz CT molecular complexity index is 367. The van der Waals surface area contributed by atoms with Crippen molar-refractivity contribution in [2.75, 3.05) is 0 Å². The molecule has 2 heterocycles. The van der Waals surface area contributed by atoms with Gasteiger partial charge in [-0.25, -0.2) is 9.97 Å². The predicted molar refractivity (Wildman–Crippen MR) is 63.7 cm³/mol. The normalized spacial score (nSPS) is 8.60. The summed E-state index contributed by atoms with van der Waals surface area (Å²) in [6.07, 6.45) is 4.49. The number of fused-ring (bicyclic) bond motifs is 1. The molecule has 0 atom stereocenters. The van der Waals surface area contributed by atoms with Crippen molar-refractivity contribution in [3.63, 3.8) is 0 Å². The first-order valence-electron chi connectivity index (χ1n) is 5.40. The molecule has 2 aromatic rings. The first kappa shape index (κ1) is 13.5. The number of aromatic nitrogens is 4. The van der Waals surface area contributed by atoms with Gasteiger partial charge in [-0.1, -0.05) is 34.1 Å². The van der Waals surface area contributed by atoms with Crippen LogP contribution in [0.3, 0.4) is 0 Å². The Hall–Kier alpha value is -1.45. The van der Waals surface area contributed by atoms with Gasteiger partial charge in [0.25, 0.3) is 0 Å². The summed E-state index contributed by atoms with van der Waals surface area (Å²) in [6, 6.07) is 0. The number of aromatic amines is 1. The highest BCUT2D eigenvalue weighted by Crippen LogP contribution is 2.08. The molecule has 0 aromatic carbocycles. The zero-order valence-electron chi connectivity index (χ0n) is 10.2. The maximum absolute atomic E-state index is 3.95. The van der Waals surface area contributed by atoms with Crippen LogP contribution < -0.4 is 0 Å². The average molecular weight is 208 g/mol. The molecule has 4 heteroatoms. The number of hydrogen-bond donors (Lipinski definition) is 1. The molecule has 2 aromatic heterocycles. The summed E-state index contributed by atoms with van der Waals surface area (Å²) >= 11 is 0. The summed E-state index contributed by atoms with van der Waals surface area (Å²) in [4.78, 5) is 7.82. The molecular formula is C11H20N4. The summed E-state index contributed by atoms with van der Waals surface area (Å²) in [5.41, 5.74) is 1.74. The van der Waals surface area contributed by atoms with Gasteiger partial charge in [0.05, 0.1) is 5.39 Å². The zero-order valence-corrected chi connectivity index (χ0v) is 10.2. The molecule has 4 nitrogen and oxygen atoms in total. The van der Waals surface area contributed by atoms with E-state index >= 15 is 0 Å². The van der Waals surface area contributed by atoms with Crippen LogP contribution in [0.1, 0.15) is 39.8 Å². The first-order valence-corrected chi connectivity index (χ1v) is 5.40. The van der Waals surface area contributed by atoms with E-state index in [1.165, 1.54) is 12.7 Å². The van der Waals surface area contributed by atoms with Gasteiger partial charge < -0.3 is 0 Å². The number of hydrogen-bond acceptors (Lipinski definition) is 3. The Morgan fingerprint density at radius 1 is 1.27 bits per heavy atom. The van der Waals surface area contributed by atoms with E-state index in [2.05, 4.69) is 34.0 Å². The molecule has 0 aliphatic carbocycles. The van der Waals surface area contributed by atoms with Crippen LogP contribution in [0.4, 0.5) is 0 Å². The number of H-pyrrole nitrogens is 1. The molecule has 0 bridgehead atoms. The van der Waals surface area contributed by atoms with E-state index < -0.39 is 0 Å². The van der Waals surface area contributed by atoms with Gasteiger partial charge in [0, 0.05) is 11.9 Å². The van der Waals surface area contributed by atoms with E-state index in [1.54, 1.807) is 6.20 Å². The fraction of sp³-hybridized carbons (Fsp3) is 0.545. The Kier molecular flexibility index (Phi) is 7.14. The standard InChI is InChI=1S/C6H6N4.C3H8.C2H6/c1-4-5-2-7-3-8-6(5)10-9-4;1-3-2;1-2/h2-3H,1H3,(H,7,8,9,10);3H2,1-2H3;1-2H3. The largest absolute Gasteiger partial charge is 0.280 e. The Balaban J connectivity index is 0.000000342. The van der Waals surface area contributed by atoms with Gasteiger partial charge in [-0.15, -0.1) is 0 Å². The van der Waals surface area contributed by atoms with Gasteiger partial charge in [-0.05, 0) is 6.92 Å². The lowest BCUT2D eigenvalue weighted by atomic mass is 10.3. The molecule has 0 unspecified atom stereocenters. The second kappa shape index (κ2) is 7.91. The van der Waals surface area contributed by atoms with Gasteiger partial charge >= 0.3 is 0 Å². The van der Waals surface area contributed by atoms with Crippen LogP contribution in [0, 0.1) is 6.92 Å². The second-order valence-electron chi connectivity index (χ2n) is 2.82. The average Bonchev–Trinajstić information content (AvgIpc) is 2.65. The van der Waals surface area contributed by atoms with E-state index in [4.69, 9.17) is 0 Å². The van der Waals surface area contributed by atoms with Gasteiger partial charge in [-0.2, -0.15) is 5.10 Å². The lowest BCUT2D eigenvalue weighted by Gasteiger charge is -1.83. The third-order valence-corrected chi connectivity index (χ3v) is 1.42. The maximum atomic E-state index is 3.95. The molecule has 84 valence electrons. The highest BCUT2D eigenvalue weighted by molar-refractivity contribution is 5.75. The number of aryl methyl sites for hydroxylation is 1. The molecule has 0 saturated heterocycles. The minimum Gasteiger partial charge on any atom is -0.280 e. The molecule has 15 heavy (non-hydrogen) atoms. The summed E-state index contributed by atoms with van der Waals surface area (Å²) in [5, 5.41) is 7.75. The van der Waals surface area contributed by atoms with Crippen molar-refractivity contribution in [3.05, 3.63) is 18.2 Å². The SMILES string of the molecule is CC.CCC.Cc1[nH]nc2ncncc12. The quantitative estimate of drug-likeness (QED) is 0.723. The number of nitrogens with one attached hydrogen (secondary N) is 1. The van der Waals surface area contributed by atoms with Crippen LogP contribution in [-0.4, -0.2) is 20.2 Å². The van der Waals surface area contributed by atoms with Crippen LogP contribution >= 0.6 is 0 Å². The number of rotatable bonds is 0. The minimum absolute atomic E-state index is 0.729. The summed E-state index contributed by atoms with van der Waals surface area (Å²) in [6.45, 7) is 10.2. The van der Waals surface area contributed by atoms with Crippen molar-refractivity contribution in [2.24, 2.45) is 0 Å². The molecule has 0 amide bonds. The van der Waals surface area contributed by atoms with Crippen LogP contribution in [0.2, 0.25) is 0 Å². The molecule has 0 radical (unpaired) electrons. The summed E-state index contributed by atoms with van der Waals surface area (Å²) in [7, 11) is 0. The van der Waals surface area contributed by atoms with Gasteiger partial charge in [0.2, 0.25) is 0 Å². The lowest BCUT2D eigenvalue weighted by molar-refractivity contribution is 1.05. The topological polar surface area (TPSA) is 54.5 Å². The van der Waals surface area contributed by atoms with E-state index in [9.17, 15) is 0 Å². The Morgan fingerprint density at radius 3 is 2.40 bits per heavy atom. The summed E-state index contributed by atoms with van der Waals surface area (Å²) < 4.78 is 0. The fourth-order valence-corrected chi connectivity index (χ4v) is 0.874. The van der Waals surface area contributed by atoms with Crippen LogP contribution in [0.5, 0.6) is 0 Å². The monoisotopic (exact) mass is 208 g/mol. The maximum Gasteiger partial charge on any atom is 0.184 e. The van der Waals surface area contributed by atoms with Crippen molar-refractivity contribution >= 4 is 11.0 Å². The minimum atomic E-state index is 0.729. The highest BCUT2D eigenvalue weighted by atomic mass is 15.2. The van der Waals surface area contributed by atoms with Crippen molar-refractivity contribution in [3.8, 4) is 0 Å². The second-order valence-corrected chi connectivity index (χ2v) is 2.82. The third kappa shape index (κ3) is 4.06. The van der Waals surface area contributed by atoms with Crippen molar-refractivity contribution in [2.45, 2.75) is 41.0 Å². The molecule has 0 spiro atoms. The Labute approximate surface area is 91.2 Å². The molecule has 0 saturated carbocycles. The van der Waals surface area contributed by atoms with E-state index in [1.807, 2.05) is 20.8 Å². The third-order valence-electron chi connectivity index (χ3n) is 1.42. The predicted octanol–water partition coefficient (Wildman–Crippen LogP) is 3.10. The first-order chi connectivity index (χ1) is 7.29. The van der Waals surface area contributed by atoms with E-state index in [-0.39, 0.29) is 0 Å². The fourth-order valence-electron chi connectivity index (χ4n) is 0.874. The number of nitrogens with zero attached hydrogens (tertiary/aromatic N) is 3. The summed E-state index contributed by atoms with van der Waals surface area (Å²) in [5.74, 6) is 0. The van der Waals surface area contributed by atoms with Crippen molar-refractivity contribution in [1.29, 1.82) is 0 Å². The highest BCUT2D eigenvalue weighted by Gasteiger charge is 1.98. The lowest BCUT2D eigenvalue weighted by Crippen LogP contribution is -1.76.